The first kappa shape index (κ1) is 17.3. The Balaban J connectivity index is 1.86. The van der Waals surface area contributed by atoms with Crippen LogP contribution in [0, 0.1) is 6.92 Å². The van der Waals surface area contributed by atoms with E-state index < -0.39 is 0 Å². The smallest absolute Gasteiger partial charge is 0.259 e. The van der Waals surface area contributed by atoms with E-state index in [0.717, 1.165) is 5.56 Å². The minimum atomic E-state index is -0.0990. The Labute approximate surface area is 151 Å². The lowest BCUT2D eigenvalue weighted by Crippen LogP contribution is -2.44. The van der Waals surface area contributed by atoms with Gasteiger partial charge in [0.05, 0.1) is 30.5 Å². The number of halogens is 2. The molecule has 0 spiro atoms. The Morgan fingerprint density at radius 2 is 2.12 bits per heavy atom. The lowest BCUT2D eigenvalue weighted by molar-refractivity contribution is -0.0124. The van der Waals surface area contributed by atoms with Crippen molar-refractivity contribution in [1.82, 2.24) is 14.7 Å². The number of rotatable bonds is 3. The van der Waals surface area contributed by atoms with Crippen LogP contribution in [0.4, 0.5) is 0 Å². The van der Waals surface area contributed by atoms with Gasteiger partial charge < -0.3 is 9.64 Å². The van der Waals surface area contributed by atoms with Gasteiger partial charge in [-0.05, 0) is 25.5 Å². The van der Waals surface area contributed by atoms with Gasteiger partial charge in [0.15, 0.2) is 0 Å². The molecule has 0 N–H and O–H groups in total. The molecule has 7 heteroatoms. The number of amides is 1. The molecule has 24 heavy (non-hydrogen) atoms. The van der Waals surface area contributed by atoms with Gasteiger partial charge in [0.25, 0.3) is 5.91 Å². The second-order valence-electron chi connectivity index (χ2n) is 5.93. The number of ether oxygens (including phenoxy) is 1. The highest BCUT2D eigenvalue weighted by molar-refractivity contribution is 6.33. The standard InChI is InChI=1S/C17H19Cl2N3O2/c1-11-9-21(7-8-24-11)17(23)15-12(2)20-22(16(15)19)10-13-5-3-4-6-14(13)18/h3-6,11H,7-10H2,1-2H3. The molecule has 0 bridgehead atoms. The van der Waals surface area contributed by atoms with Gasteiger partial charge in [0.2, 0.25) is 0 Å². The van der Waals surface area contributed by atoms with Gasteiger partial charge in [0.1, 0.15) is 5.15 Å². The summed E-state index contributed by atoms with van der Waals surface area (Å²) in [5.74, 6) is -0.0990. The second-order valence-corrected chi connectivity index (χ2v) is 6.70. The van der Waals surface area contributed by atoms with Crippen molar-refractivity contribution in [2.75, 3.05) is 19.7 Å². The predicted molar refractivity (Wildman–Crippen MR) is 93.8 cm³/mol. The van der Waals surface area contributed by atoms with E-state index in [-0.39, 0.29) is 12.0 Å². The Kier molecular flexibility index (Phi) is 5.13. The highest BCUT2D eigenvalue weighted by Gasteiger charge is 2.28. The molecule has 2 aromatic rings. The lowest BCUT2D eigenvalue weighted by Gasteiger charge is -2.31. The van der Waals surface area contributed by atoms with Crippen LogP contribution in [0.2, 0.25) is 10.2 Å². The quantitative estimate of drug-likeness (QED) is 0.834. The third-order valence-electron chi connectivity index (χ3n) is 4.09. The van der Waals surface area contributed by atoms with Gasteiger partial charge in [-0.1, -0.05) is 41.4 Å². The number of hydrogen-bond donors (Lipinski definition) is 0. The molecule has 5 nitrogen and oxygen atoms in total. The zero-order valence-electron chi connectivity index (χ0n) is 13.6. The average Bonchev–Trinajstić information content (AvgIpc) is 2.83. The van der Waals surface area contributed by atoms with Crippen LogP contribution in [0.15, 0.2) is 24.3 Å². The monoisotopic (exact) mass is 367 g/mol. The predicted octanol–water partition coefficient (Wildman–Crippen LogP) is 3.41. The van der Waals surface area contributed by atoms with E-state index in [4.69, 9.17) is 27.9 Å². The fraction of sp³-hybridized carbons (Fsp3) is 0.412. The molecule has 1 aliphatic heterocycles. The van der Waals surface area contributed by atoms with Crippen LogP contribution in [0.1, 0.15) is 28.5 Å². The van der Waals surface area contributed by atoms with E-state index in [1.807, 2.05) is 31.2 Å². The van der Waals surface area contributed by atoms with Crippen LogP contribution < -0.4 is 0 Å². The van der Waals surface area contributed by atoms with Crippen LogP contribution in [0.25, 0.3) is 0 Å². The first-order valence-electron chi connectivity index (χ1n) is 7.84. The number of aryl methyl sites for hydroxylation is 1. The molecular formula is C17H19Cl2N3O2. The average molecular weight is 368 g/mol. The van der Waals surface area contributed by atoms with Gasteiger partial charge in [-0.15, -0.1) is 0 Å². The van der Waals surface area contributed by atoms with Gasteiger partial charge in [-0.3, -0.25) is 4.79 Å². The van der Waals surface area contributed by atoms with Crippen LogP contribution in [0.3, 0.4) is 0 Å². The number of aromatic nitrogens is 2. The van der Waals surface area contributed by atoms with Crippen LogP contribution in [-0.2, 0) is 11.3 Å². The summed E-state index contributed by atoms with van der Waals surface area (Å²) in [7, 11) is 0. The molecular weight excluding hydrogens is 349 g/mol. The Morgan fingerprint density at radius 3 is 2.83 bits per heavy atom. The van der Waals surface area contributed by atoms with Crippen LogP contribution >= 0.6 is 23.2 Å². The molecule has 1 aliphatic rings. The third kappa shape index (κ3) is 3.43. The molecule has 1 fully saturated rings. The van der Waals surface area contributed by atoms with Crippen molar-refractivity contribution < 1.29 is 9.53 Å². The summed E-state index contributed by atoms with van der Waals surface area (Å²) in [6.07, 6.45) is 0.0277. The SMILES string of the molecule is Cc1nn(Cc2ccccc2Cl)c(Cl)c1C(=O)N1CCOC(C)C1. The minimum Gasteiger partial charge on any atom is -0.375 e. The molecule has 0 aliphatic carbocycles. The number of carbonyl (C=O) groups is 1. The Hall–Kier alpha value is -1.56. The molecule has 1 aromatic carbocycles. The zero-order chi connectivity index (χ0) is 17.3. The Bertz CT molecular complexity index is 760. The minimum absolute atomic E-state index is 0.0277. The fourth-order valence-electron chi connectivity index (χ4n) is 2.85. The van der Waals surface area contributed by atoms with E-state index >= 15 is 0 Å². The molecule has 0 saturated carbocycles. The summed E-state index contributed by atoms with van der Waals surface area (Å²) in [4.78, 5) is 14.6. The fourth-order valence-corrected chi connectivity index (χ4v) is 3.36. The molecule has 1 amide bonds. The van der Waals surface area contributed by atoms with Crippen molar-refractivity contribution in [1.29, 1.82) is 0 Å². The first-order chi connectivity index (χ1) is 11.5. The van der Waals surface area contributed by atoms with Gasteiger partial charge in [0, 0.05) is 18.1 Å². The number of benzene rings is 1. The highest BCUT2D eigenvalue weighted by atomic mass is 35.5. The molecule has 1 aromatic heterocycles. The van der Waals surface area contributed by atoms with Crippen molar-refractivity contribution in [2.45, 2.75) is 26.5 Å². The number of nitrogens with zero attached hydrogens (tertiary/aromatic N) is 3. The maximum atomic E-state index is 12.8. The Morgan fingerprint density at radius 1 is 1.38 bits per heavy atom. The molecule has 1 atom stereocenters. The van der Waals surface area contributed by atoms with Gasteiger partial charge in [-0.2, -0.15) is 5.10 Å². The first-order valence-corrected chi connectivity index (χ1v) is 8.60. The normalized spacial score (nSPS) is 18.0. The molecule has 128 valence electrons. The maximum absolute atomic E-state index is 12.8. The second kappa shape index (κ2) is 7.13. The van der Waals surface area contributed by atoms with Crippen molar-refractivity contribution in [3.05, 3.63) is 51.3 Å². The van der Waals surface area contributed by atoms with Crippen molar-refractivity contribution in [3.63, 3.8) is 0 Å². The maximum Gasteiger partial charge on any atom is 0.259 e. The molecule has 1 unspecified atom stereocenters. The van der Waals surface area contributed by atoms with Crippen molar-refractivity contribution >= 4 is 29.1 Å². The van der Waals surface area contributed by atoms with E-state index in [0.29, 0.717) is 47.7 Å². The van der Waals surface area contributed by atoms with Crippen molar-refractivity contribution in [2.24, 2.45) is 0 Å². The lowest BCUT2D eigenvalue weighted by atomic mass is 10.2. The van der Waals surface area contributed by atoms with Crippen molar-refractivity contribution in [3.8, 4) is 0 Å². The zero-order valence-corrected chi connectivity index (χ0v) is 15.1. The summed E-state index contributed by atoms with van der Waals surface area (Å²) < 4.78 is 7.11. The molecule has 2 heterocycles. The largest absolute Gasteiger partial charge is 0.375 e. The highest BCUT2D eigenvalue weighted by Crippen LogP contribution is 2.25. The van der Waals surface area contributed by atoms with Gasteiger partial charge in [-0.25, -0.2) is 4.68 Å². The number of morpholine rings is 1. The van der Waals surface area contributed by atoms with Crippen LogP contribution in [-0.4, -0.2) is 46.4 Å². The van der Waals surface area contributed by atoms with E-state index in [1.54, 1.807) is 16.5 Å². The summed E-state index contributed by atoms with van der Waals surface area (Å²) in [5.41, 5.74) is 1.98. The number of carbonyl (C=O) groups excluding carboxylic acids is 1. The molecule has 1 saturated heterocycles. The summed E-state index contributed by atoms with van der Waals surface area (Å²) >= 11 is 12.7. The topological polar surface area (TPSA) is 47.4 Å². The third-order valence-corrected chi connectivity index (χ3v) is 4.84. The molecule has 0 radical (unpaired) electrons. The summed E-state index contributed by atoms with van der Waals surface area (Å²) in [5, 5.41) is 5.42. The summed E-state index contributed by atoms with van der Waals surface area (Å²) in [6, 6.07) is 7.52. The van der Waals surface area contributed by atoms with E-state index in [1.165, 1.54) is 0 Å². The number of hydrogen-bond acceptors (Lipinski definition) is 3. The van der Waals surface area contributed by atoms with Gasteiger partial charge >= 0.3 is 0 Å². The van der Waals surface area contributed by atoms with E-state index in [9.17, 15) is 4.79 Å². The summed E-state index contributed by atoms with van der Waals surface area (Å²) in [6.45, 7) is 5.84. The van der Waals surface area contributed by atoms with E-state index in [2.05, 4.69) is 5.10 Å². The van der Waals surface area contributed by atoms with Crippen LogP contribution in [0.5, 0.6) is 0 Å². The molecule has 3 rings (SSSR count).